The lowest BCUT2D eigenvalue weighted by molar-refractivity contribution is -0.141. The molecule has 2 N–H and O–H groups in total. The van der Waals surface area contributed by atoms with Gasteiger partial charge in [0.1, 0.15) is 6.61 Å². The summed E-state index contributed by atoms with van der Waals surface area (Å²) >= 11 is 0. The topological polar surface area (TPSA) is 95.1 Å². The summed E-state index contributed by atoms with van der Waals surface area (Å²) in [5, 5.41) is 5.43. The fourth-order valence-corrected chi connectivity index (χ4v) is 2.98. The van der Waals surface area contributed by atoms with Crippen LogP contribution in [0, 0.1) is 0 Å². The Balaban J connectivity index is 2.37. The standard InChI is InChI=1S/C21H30N2O6/c1-12(2)27-10-11-28-20(24)17-14(5)22-21(25)23-18(17)15-8-7-9-16(26-6)19(15)29-13(3)4/h7-9,12-13,18H,10-11H2,1-6H3,(H2,22,23,25)/t18-/m1/s1. The number of rotatable bonds is 9. The van der Waals surface area contributed by atoms with Crippen LogP contribution in [0.2, 0.25) is 0 Å². The average Bonchev–Trinajstić information content (AvgIpc) is 2.64. The first-order chi connectivity index (χ1) is 13.7. The summed E-state index contributed by atoms with van der Waals surface area (Å²) in [5.41, 5.74) is 1.33. The molecule has 0 saturated carbocycles. The number of carbonyl (C=O) groups is 2. The first-order valence-corrected chi connectivity index (χ1v) is 9.65. The van der Waals surface area contributed by atoms with E-state index in [-0.39, 0.29) is 18.8 Å². The lowest BCUT2D eigenvalue weighted by Crippen LogP contribution is -2.45. The van der Waals surface area contributed by atoms with Crippen LogP contribution in [0.15, 0.2) is 29.5 Å². The number of para-hydroxylation sites is 1. The minimum Gasteiger partial charge on any atom is -0.493 e. The Hall–Kier alpha value is -2.74. The van der Waals surface area contributed by atoms with Gasteiger partial charge in [0.05, 0.1) is 37.5 Å². The second kappa shape index (κ2) is 10.2. The van der Waals surface area contributed by atoms with Gasteiger partial charge in [0, 0.05) is 11.3 Å². The molecule has 0 aromatic heterocycles. The summed E-state index contributed by atoms with van der Waals surface area (Å²) < 4.78 is 22.2. The molecule has 1 aromatic carbocycles. The van der Waals surface area contributed by atoms with E-state index in [9.17, 15) is 9.59 Å². The van der Waals surface area contributed by atoms with Crippen molar-refractivity contribution in [1.82, 2.24) is 10.6 Å². The molecule has 8 heteroatoms. The molecule has 0 radical (unpaired) electrons. The van der Waals surface area contributed by atoms with E-state index in [1.807, 2.05) is 27.7 Å². The highest BCUT2D eigenvalue weighted by atomic mass is 16.6. The first kappa shape index (κ1) is 22.5. The van der Waals surface area contributed by atoms with Crippen LogP contribution in [0.3, 0.4) is 0 Å². The van der Waals surface area contributed by atoms with Crippen LogP contribution in [0.1, 0.15) is 46.2 Å². The van der Waals surface area contributed by atoms with Crippen LogP contribution in [0.5, 0.6) is 11.5 Å². The van der Waals surface area contributed by atoms with Crippen molar-refractivity contribution in [2.45, 2.75) is 52.9 Å². The Morgan fingerprint density at radius 3 is 2.48 bits per heavy atom. The fraction of sp³-hybridized carbons (Fsp3) is 0.524. The number of hydrogen-bond acceptors (Lipinski definition) is 6. The minimum absolute atomic E-state index is 0.0468. The van der Waals surface area contributed by atoms with Gasteiger partial charge in [-0.05, 0) is 40.7 Å². The molecule has 0 unspecified atom stereocenters. The maximum absolute atomic E-state index is 12.8. The van der Waals surface area contributed by atoms with Gasteiger partial charge >= 0.3 is 12.0 Å². The van der Waals surface area contributed by atoms with Crippen molar-refractivity contribution in [3.8, 4) is 11.5 Å². The van der Waals surface area contributed by atoms with E-state index in [1.54, 1.807) is 25.1 Å². The molecule has 0 saturated heterocycles. The highest BCUT2D eigenvalue weighted by molar-refractivity contribution is 5.95. The minimum atomic E-state index is -0.744. The molecule has 1 atom stereocenters. The van der Waals surface area contributed by atoms with Crippen LogP contribution in [-0.2, 0) is 14.3 Å². The summed E-state index contributed by atoms with van der Waals surface area (Å²) in [7, 11) is 1.54. The molecule has 1 heterocycles. The number of amides is 2. The molecule has 0 fully saturated rings. The SMILES string of the molecule is COc1cccc([C@H]2NC(=O)NC(C)=C2C(=O)OCCOC(C)C)c1OC(C)C. The van der Waals surface area contributed by atoms with Gasteiger partial charge < -0.3 is 29.6 Å². The van der Waals surface area contributed by atoms with Crippen molar-refractivity contribution in [2.75, 3.05) is 20.3 Å². The van der Waals surface area contributed by atoms with Crippen molar-refractivity contribution in [3.05, 3.63) is 35.0 Å². The number of hydrogen-bond donors (Lipinski definition) is 2. The zero-order chi connectivity index (χ0) is 21.6. The second-order valence-corrected chi connectivity index (χ2v) is 7.17. The Morgan fingerprint density at radius 2 is 1.86 bits per heavy atom. The highest BCUT2D eigenvalue weighted by Gasteiger charge is 2.35. The molecular formula is C21H30N2O6. The van der Waals surface area contributed by atoms with Crippen molar-refractivity contribution in [3.63, 3.8) is 0 Å². The second-order valence-electron chi connectivity index (χ2n) is 7.17. The summed E-state index contributed by atoms with van der Waals surface area (Å²) in [6.07, 6.45) is -0.0818. The predicted molar refractivity (Wildman–Crippen MR) is 108 cm³/mol. The molecule has 0 spiro atoms. The van der Waals surface area contributed by atoms with Gasteiger partial charge in [-0.3, -0.25) is 0 Å². The number of carbonyl (C=O) groups excluding carboxylic acids is 2. The van der Waals surface area contributed by atoms with E-state index in [0.29, 0.717) is 34.9 Å². The normalized spacial score (nSPS) is 16.6. The summed E-state index contributed by atoms with van der Waals surface area (Å²) in [6, 6.07) is 4.18. The fourth-order valence-electron chi connectivity index (χ4n) is 2.98. The first-order valence-electron chi connectivity index (χ1n) is 9.65. The maximum atomic E-state index is 12.8. The van der Waals surface area contributed by atoms with Crippen molar-refractivity contribution >= 4 is 12.0 Å². The molecule has 29 heavy (non-hydrogen) atoms. The van der Waals surface area contributed by atoms with E-state index in [1.165, 1.54) is 7.11 Å². The molecule has 8 nitrogen and oxygen atoms in total. The monoisotopic (exact) mass is 406 g/mol. The third-order valence-electron chi connectivity index (χ3n) is 4.15. The largest absolute Gasteiger partial charge is 0.493 e. The van der Waals surface area contributed by atoms with E-state index in [2.05, 4.69) is 10.6 Å². The molecule has 2 amide bonds. The summed E-state index contributed by atoms with van der Waals surface area (Å²) in [6.45, 7) is 9.66. The Bertz CT molecular complexity index is 772. The number of nitrogens with one attached hydrogen (secondary N) is 2. The molecule has 160 valence electrons. The Morgan fingerprint density at radius 1 is 1.14 bits per heavy atom. The van der Waals surface area contributed by atoms with Crippen LogP contribution in [0.4, 0.5) is 4.79 Å². The number of ether oxygens (including phenoxy) is 4. The molecule has 0 aliphatic carbocycles. The van der Waals surface area contributed by atoms with E-state index in [4.69, 9.17) is 18.9 Å². The van der Waals surface area contributed by atoms with Crippen LogP contribution in [-0.4, -0.2) is 44.5 Å². The third kappa shape index (κ3) is 5.87. The molecule has 1 aliphatic rings. The van der Waals surface area contributed by atoms with Crippen LogP contribution < -0.4 is 20.1 Å². The number of allylic oxidation sites excluding steroid dienone is 1. The van der Waals surface area contributed by atoms with Crippen LogP contribution in [0.25, 0.3) is 0 Å². The molecule has 2 rings (SSSR count). The van der Waals surface area contributed by atoms with Gasteiger partial charge in [0.15, 0.2) is 11.5 Å². The van der Waals surface area contributed by atoms with Crippen molar-refractivity contribution < 1.29 is 28.5 Å². The number of urea groups is 1. The summed E-state index contributed by atoms with van der Waals surface area (Å²) in [5.74, 6) is 0.448. The average molecular weight is 406 g/mol. The third-order valence-corrected chi connectivity index (χ3v) is 4.15. The van der Waals surface area contributed by atoms with Gasteiger partial charge in [-0.2, -0.15) is 0 Å². The van der Waals surface area contributed by atoms with E-state index < -0.39 is 18.0 Å². The van der Waals surface area contributed by atoms with E-state index in [0.717, 1.165) is 0 Å². The van der Waals surface area contributed by atoms with E-state index >= 15 is 0 Å². The van der Waals surface area contributed by atoms with Crippen molar-refractivity contribution in [2.24, 2.45) is 0 Å². The molecular weight excluding hydrogens is 376 g/mol. The van der Waals surface area contributed by atoms with Gasteiger partial charge in [0.25, 0.3) is 0 Å². The number of methoxy groups -OCH3 is 1. The van der Waals surface area contributed by atoms with Gasteiger partial charge in [-0.15, -0.1) is 0 Å². The van der Waals surface area contributed by atoms with Gasteiger partial charge in [0.2, 0.25) is 0 Å². The molecule has 1 aromatic rings. The van der Waals surface area contributed by atoms with Gasteiger partial charge in [-0.1, -0.05) is 12.1 Å². The summed E-state index contributed by atoms with van der Waals surface area (Å²) in [4.78, 5) is 25.0. The number of benzene rings is 1. The Kier molecular flexibility index (Phi) is 7.90. The predicted octanol–water partition coefficient (Wildman–Crippen LogP) is 3.08. The Labute approximate surface area is 171 Å². The van der Waals surface area contributed by atoms with Gasteiger partial charge in [-0.25, -0.2) is 9.59 Å². The zero-order valence-corrected chi connectivity index (χ0v) is 17.8. The molecule has 0 bridgehead atoms. The van der Waals surface area contributed by atoms with Crippen molar-refractivity contribution in [1.29, 1.82) is 0 Å². The number of esters is 1. The lowest BCUT2D eigenvalue weighted by Gasteiger charge is -2.30. The maximum Gasteiger partial charge on any atom is 0.338 e. The lowest BCUT2D eigenvalue weighted by atomic mass is 9.94. The highest BCUT2D eigenvalue weighted by Crippen LogP contribution is 2.39. The van der Waals surface area contributed by atoms with Crippen LogP contribution >= 0.6 is 0 Å². The molecule has 1 aliphatic heterocycles. The quantitative estimate of drug-likeness (QED) is 0.483. The zero-order valence-electron chi connectivity index (χ0n) is 17.8. The smallest absolute Gasteiger partial charge is 0.338 e.